The van der Waals surface area contributed by atoms with Crippen LogP contribution in [0.1, 0.15) is 0 Å². The van der Waals surface area contributed by atoms with Crippen LogP contribution in [0.2, 0.25) is 5.02 Å². The highest BCUT2D eigenvalue weighted by atomic mass is 35.5. The first kappa shape index (κ1) is 19.7. The van der Waals surface area contributed by atoms with Crippen molar-refractivity contribution in [1.82, 2.24) is 9.97 Å². The molecular formula is C17H19ClN4O3S. The third-order valence-electron chi connectivity index (χ3n) is 3.46. The van der Waals surface area contributed by atoms with Crippen LogP contribution in [0.4, 0.5) is 11.8 Å². The van der Waals surface area contributed by atoms with E-state index < -0.39 is 9.84 Å². The molecule has 1 heterocycles. The lowest BCUT2D eigenvalue weighted by atomic mass is 10.3. The van der Waals surface area contributed by atoms with Crippen LogP contribution in [0, 0.1) is 0 Å². The van der Waals surface area contributed by atoms with Crippen LogP contribution in [0.3, 0.4) is 0 Å². The highest BCUT2D eigenvalue weighted by Crippen LogP contribution is 2.33. The highest BCUT2D eigenvalue weighted by molar-refractivity contribution is 7.91. The number of anilines is 2. The molecule has 0 spiro atoms. The first-order valence-corrected chi connectivity index (χ1v) is 9.39. The molecule has 2 N–H and O–H groups in total. The Hall–Kier alpha value is -2.58. The summed E-state index contributed by atoms with van der Waals surface area (Å²) in [7, 11) is -2.65. The summed E-state index contributed by atoms with van der Waals surface area (Å²) in [6.45, 7) is 8.25. The van der Waals surface area contributed by atoms with Crippen LogP contribution in [-0.4, -0.2) is 38.6 Å². The maximum absolute atomic E-state index is 13.0. The minimum Gasteiger partial charge on any atom is -0.495 e. The number of rotatable bonds is 8. The van der Waals surface area contributed by atoms with Crippen molar-refractivity contribution >= 4 is 33.2 Å². The lowest BCUT2D eigenvalue weighted by Crippen LogP contribution is -2.26. The predicted molar refractivity (Wildman–Crippen MR) is 103 cm³/mol. The van der Waals surface area contributed by atoms with Gasteiger partial charge in [0.1, 0.15) is 21.4 Å². The van der Waals surface area contributed by atoms with E-state index in [9.17, 15) is 8.42 Å². The molecule has 0 aliphatic carbocycles. The zero-order valence-corrected chi connectivity index (χ0v) is 15.8. The van der Waals surface area contributed by atoms with Crippen LogP contribution in [-0.2, 0) is 9.84 Å². The Balaban J connectivity index is 2.53. The molecule has 0 bridgehead atoms. The summed E-state index contributed by atoms with van der Waals surface area (Å²) in [5, 5.41) is 0.253. The summed E-state index contributed by atoms with van der Waals surface area (Å²) in [6.07, 6.45) is 4.52. The van der Waals surface area contributed by atoms with E-state index in [1.807, 2.05) is 0 Å². The van der Waals surface area contributed by atoms with E-state index in [4.69, 9.17) is 22.1 Å². The van der Waals surface area contributed by atoms with Gasteiger partial charge in [0.25, 0.3) is 0 Å². The molecule has 0 unspecified atom stereocenters. The second-order valence-electron chi connectivity index (χ2n) is 5.20. The van der Waals surface area contributed by atoms with Crippen LogP contribution in [0.15, 0.2) is 59.5 Å². The highest BCUT2D eigenvalue weighted by Gasteiger charge is 2.27. The van der Waals surface area contributed by atoms with E-state index >= 15 is 0 Å². The fourth-order valence-electron chi connectivity index (χ4n) is 2.26. The van der Waals surface area contributed by atoms with Gasteiger partial charge in [-0.2, -0.15) is 4.98 Å². The molecule has 0 aliphatic rings. The molecule has 0 saturated carbocycles. The van der Waals surface area contributed by atoms with Gasteiger partial charge < -0.3 is 15.4 Å². The molecule has 0 amide bonds. The number of hydrogen-bond donors (Lipinski definition) is 1. The molecule has 2 rings (SSSR count). The van der Waals surface area contributed by atoms with E-state index in [0.29, 0.717) is 13.1 Å². The average Bonchev–Trinajstić information content (AvgIpc) is 2.61. The quantitative estimate of drug-likeness (QED) is 0.687. The van der Waals surface area contributed by atoms with Gasteiger partial charge in [0.2, 0.25) is 15.8 Å². The molecule has 26 heavy (non-hydrogen) atoms. The molecule has 9 heteroatoms. The lowest BCUT2D eigenvalue weighted by Gasteiger charge is -2.20. The predicted octanol–water partition coefficient (Wildman–Crippen LogP) is 2.73. The van der Waals surface area contributed by atoms with Crippen molar-refractivity contribution in [3.05, 3.63) is 54.7 Å². The van der Waals surface area contributed by atoms with Gasteiger partial charge in [-0.05, 0) is 18.2 Å². The third kappa shape index (κ3) is 3.97. The van der Waals surface area contributed by atoms with Gasteiger partial charge in [0, 0.05) is 18.1 Å². The number of methoxy groups -OCH3 is 1. The molecule has 0 radical (unpaired) electrons. The number of nitrogen functional groups attached to an aromatic ring is 1. The van der Waals surface area contributed by atoms with E-state index in [-0.39, 0.29) is 32.3 Å². The van der Waals surface area contributed by atoms with Crippen molar-refractivity contribution in [2.24, 2.45) is 0 Å². The van der Waals surface area contributed by atoms with E-state index in [2.05, 4.69) is 23.1 Å². The maximum atomic E-state index is 13.0. The van der Waals surface area contributed by atoms with Crippen LogP contribution in [0.25, 0.3) is 0 Å². The van der Waals surface area contributed by atoms with Crippen LogP contribution >= 0.6 is 11.6 Å². The zero-order chi connectivity index (χ0) is 19.3. The van der Waals surface area contributed by atoms with Crippen molar-refractivity contribution in [3.63, 3.8) is 0 Å². The number of ether oxygens (including phenoxy) is 1. The Morgan fingerprint density at radius 3 is 2.46 bits per heavy atom. The zero-order valence-electron chi connectivity index (χ0n) is 14.2. The number of hydrogen-bond acceptors (Lipinski definition) is 7. The molecule has 7 nitrogen and oxygen atoms in total. The molecule has 1 aromatic heterocycles. The molecular weight excluding hydrogens is 376 g/mol. The summed E-state index contributed by atoms with van der Waals surface area (Å²) >= 11 is 5.94. The number of sulfone groups is 1. The van der Waals surface area contributed by atoms with Crippen molar-refractivity contribution in [1.29, 1.82) is 0 Å². The topological polar surface area (TPSA) is 98.4 Å². The molecule has 0 aliphatic heterocycles. The van der Waals surface area contributed by atoms with Crippen LogP contribution in [0.5, 0.6) is 5.75 Å². The number of aromatic nitrogens is 2. The van der Waals surface area contributed by atoms with E-state index in [1.54, 1.807) is 17.1 Å². The van der Waals surface area contributed by atoms with Gasteiger partial charge in [-0.25, -0.2) is 13.4 Å². The normalized spacial score (nSPS) is 11.0. The minimum atomic E-state index is -4.02. The summed E-state index contributed by atoms with van der Waals surface area (Å²) in [6, 6.07) is 4.30. The van der Waals surface area contributed by atoms with Gasteiger partial charge in [0.05, 0.1) is 13.3 Å². The van der Waals surface area contributed by atoms with Crippen molar-refractivity contribution in [2.45, 2.75) is 9.79 Å². The fraction of sp³-hybridized carbons (Fsp3) is 0.176. The second kappa shape index (κ2) is 8.20. The fourth-order valence-corrected chi connectivity index (χ4v) is 3.95. The van der Waals surface area contributed by atoms with Crippen molar-refractivity contribution < 1.29 is 13.2 Å². The maximum Gasteiger partial charge on any atom is 0.227 e. The number of halogens is 1. The SMILES string of the molecule is C=CCN(CC=C)c1ncc(S(=O)(=O)c2cc(Cl)ccc2OC)c(N)n1. The summed E-state index contributed by atoms with van der Waals surface area (Å²) in [4.78, 5) is 9.67. The van der Waals surface area contributed by atoms with Crippen LogP contribution < -0.4 is 15.4 Å². The number of benzene rings is 1. The molecule has 2 aromatic rings. The number of nitrogens with two attached hydrogens (primary N) is 1. The Labute approximate surface area is 157 Å². The summed E-state index contributed by atoms with van der Waals surface area (Å²) in [5.41, 5.74) is 5.92. The molecule has 138 valence electrons. The van der Waals surface area contributed by atoms with Gasteiger partial charge in [-0.15, -0.1) is 13.2 Å². The van der Waals surface area contributed by atoms with Gasteiger partial charge in [0.15, 0.2) is 0 Å². The van der Waals surface area contributed by atoms with Crippen molar-refractivity contribution in [3.8, 4) is 5.75 Å². The van der Waals surface area contributed by atoms with E-state index in [1.165, 1.54) is 31.5 Å². The second-order valence-corrected chi connectivity index (χ2v) is 7.52. The van der Waals surface area contributed by atoms with Gasteiger partial charge in [-0.1, -0.05) is 23.8 Å². The largest absolute Gasteiger partial charge is 0.495 e. The first-order chi connectivity index (χ1) is 12.3. The van der Waals surface area contributed by atoms with Gasteiger partial charge in [-0.3, -0.25) is 0 Å². The third-order valence-corrected chi connectivity index (χ3v) is 5.48. The Morgan fingerprint density at radius 1 is 1.27 bits per heavy atom. The lowest BCUT2D eigenvalue weighted by molar-refractivity contribution is 0.402. The molecule has 1 aromatic carbocycles. The molecule has 0 fully saturated rings. The summed E-state index contributed by atoms with van der Waals surface area (Å²) in [5.74, 6) is 0.257. The number of nitrogens with zero attached hydrogens (tertiary/aromatic N) is 3. The van der Waals surface area contributed by atoms with Gasteiger partial charge >= 0.3 is 0 Å². The molecule has 0 atom stereocenters. The Morgan fingerprint density at radius 2 is 1.92 bits per heavy atom. The monoisotopic (exact) mass is 394 g/mol. The van der Waals surface area contributed by atoms with Crippen molar-refractivity contribution in [2.75, 3.05) is 30.8 Å². The average molecular weight is 395 g/mol. The Kier molecular flexibility index (Phi) is 6.23. The van der Waals surface area contributed by atoms with E-state index in [0.717, 1.165) is 0 Å². The minimum absolute atomic E-state index is 0.107. The smallest absolute Gasteiger partial charge is 0.227 e. The Bertz CT molecular complexity index is 922. The standard InChI is InChI=1S/C17H19ClN4O3S/c1-4-8-22(9-5-2)17-20-11-15(16(19)21-17)26(23,24)14-10-12(18)6-7-13(14)25-3/h4-7,10-11H,1-2,8-9H2,3H3,(H2,19,20,21). The first-order valence-electron chi connectivity index (χ1n) is 7.53. The summed E-state index contributed by atoms with van der Waals surface area (Å²) < 4.78 is 31.1. The molecule has 0 saturated heterocycles.